The fraction of sp³-hybridized carbons (Fsp3) is 0.364. The van der Waals surface area contributed by atoms with Gasteiger partial charge < -0.3 is 28.7 Å². The van der Waals surface area contributed by atoms with E-state index < -0.39 is 0 Å². The van der Waals surface area contributed by atoms with Crippen molar-refractivity contribution in [1.29, 1.82) is 0 Å². The lowest BCUT2D eigenvalue weighted by Gasteiger charge is -2.29. The summed E-state index contributed by atoms with van der Waals surface area (Å²) in [6.45, 7) is 16.6. The van der Waals surface area contributed by atoms with Gasteiger partial charge in [0, 0.05) is 92.7 Å². The Kier molecular flexibility index (Phi) is 14.5. The number of fused-ring (bicyclic) bond motifs is 2. The van der Waals surface area contributed by atoms with Crippen molar-refractivity contribution >= 4 is 40.4 Å². The van der Waals surface area contributed by atoms with Crippen molar-refractivity contribution in [2.45, 2.75) is 78.1 Å². The van der Waals surface area contributed by atoms with Gasteiger partial charge in [-0.15, -0.1) is 0 Å². The molecule has 3 aliphatic rings. The van der Waals surface area contributed by atoms with Crippen LogP contribution in [0, 0.1) is 0 Å². The normalized spacial score (nSPS) is 17.5. The molecule has 0 radical (unpaired) electrons. The van der Waals surface area contributed by atoms with Gasteiger partial charge in [-0.1, -0.05) is 62.4 Å². The minimum absolute atomic E-state index is 0.315. The summed E-state index contributed by atoms with van der Waals surface area (Å²) in [5, 5.41) is 0. The third kappa shape index (κ3) is 9.28. The van der Waals surface area contributed by atoms with E-state index in [0.717, 1.165) is 65.5 Å². The molecule has 0 saturated heterocycles. The molecule has 0 N–H and O–H groups in total. The third-order valence-electron chi connectivity index (χ3n) is 12.7. The molecule has 0 unspecified atom stereocenters. The number of allylic oxidation sites excluding steroid dienone is 7. The summed E-state index contributed by atoms with van der Waals surface area (Å²) in [6, 6.07) is 33.1. The fourth-order valence-corrected chi connectivity index (χ4v) is 9.43. The highest BCUT2D eigenvalue weighted by molar-refractivity contribution is 6.04. The summed E-state index contributed by atoms with van der Waals surface area (Å²) in [5.74, 6) is -0.631. The topological polar surface area (TPSA) is 80.6 Å². The summed E-state index contributed by atoms with van der Waals surface area (Å²) in [5.41, 5.74) is 13.0. The third-order valence-corrected chi connectivity index (χ3v) is 12.7. The Bertz CT molecular complexity index is 2460. The summed E-state index contributed by atoms with van der Waals surface area (Å²) in [7, 11) is 3.30. The van der Waals surface area contributed by atoms with Gasteiger partial charge in [-0.2, -0.15) is 4.58 Å². The maximum Gasteiger partial charge on any atom is 0.338 e. The van der Waals surface area contributed by atoms with Crippen LogP contribution in [0.3, 0.4) is 0 Å². The first-order chi connectivity index (χ1) is 31.0. The highest BCUT2D eigenvalue weighted by atomic mass is 16.5. The maximum atomic E-state index is 13.1. The first kappa shape index (κ1) is 46.0. The molecule has 0 bridgehead atoms. The predicted molar refractivity (Wildman–Crippen MR) is 258 cm³/mol. The van der Waals surface area contributed by atoms with E-state index >= 15 is 0 Å². The second-order valence-electron chi connectivity index (χ2n) is 17.5. The summed E-state index contributed by atoms with van der Waals surface area (Å²) >= 11 is 0. The highest BCUT2D eigenvalue weighted by Gasteiger charge is 2.45. The van der Waals surface area contributed by atoms with Crippen LogP contribution in [0.15, 0.2) is 144 Å². The number of anilines is 3. The SMILES string of the molecule is CCN1/C(=C/C=C2\CCC(/C=C/C3=[N+](CC)c4ccc(C(=O)OCCCOC)cc4C3(C)C)=C2N(c2ccccc2)c2ccccc2)C(C)(C)c2cc(C(=O)OCCCOC)ccc21. The molecule has 0 fully saturated rings. The zero-order chi connectivity index (χ0) is 45.4. The number of rotatable bonds is 18. The van der Waals surface area contributed by atoms with Crippen molar-refractivity contribution in [3.05, 3.63) is 166 Å². The number of carbonyl (C=O) groups excluding carboxylic acids is 2. The van der Waals surface area contributed by atoms with Gasteiger partial charge in [-0.25, -0.2) is 9.59 Å². The van der Waals surface area contributed by atoms with Crippen LogP contribution in [0.2, 0.25) is 0 Å². The first-order valence-corrected chi connectivity index (χ1v) is 22.7. The van der Waals surface area contributed by atoms with Gasteiger partial charge >= 0.3 is 11.9 Å². The van der Waals surface area contributed by atoms with Crippen molar-refractivity contribution in [3.63, 3.8) is 0 Å². The van der Waals surface area contributed by atoms with Crippen LogP contribution in [0.5, 0.6) is 0 Å². The molecule has 4 aromatic carbocycles. The zero-order valence-electron chi connectivity index (χ0n) is 38.9. The Morgan fingerprint density at radius 3 is 1.83 bits per heavy atom. The van der Waals surface area contributed by atoms with E-state index in [0.29, 0.717) is 50.4 Å². The van der Waals surface area contributed by atoms with Gasteiger partial charge in [0.2, 0.25) is 5.69 Å². The lowest BCUT2D eigenvalue weighted by molar-refractivity contribution is -0.433. The molecular weight excluding hydrogens is 799 g/mol. The first-order valence-electron chi connectivity index (χ1n) is 22.7. The van der Waals surface area contributed by atoms with Crippen LogP contribution >= 0.6 is 0 Å². The summed E-state index contributed by atoms with van der Waals surface area (Å²) in [6.07, 6.45) is 12.3. The molecule has 0 saturated carbocycles. The van der Waals surface area contributed by atoms with Crippen LogP contribution in [0.25, 0.3) is 0 Å². The molecule has 4 aromatic rings. The van der Waals surface area contributed by atoms with Crippen molar-refractivity contribution in [3.8, 4) is 0 Å². The molecule has 334 valence electrons. The molecule has 2 aliphatic heterocycles. The number of hydrogen-bond acceptors (Lipinski definition) is 8. The largest absolute Gasteiger partial charge is 0.462 e. The van der Waals surface area contributed by atoms with Crippen molar-refractivity contribution in [2.24, 2.45) is 0 Å². The molecule has 2 heterocycles. The van der Waals surface area contributed by atoms with Crippen molar-refractivity contribution in [2.75, 3.05) is 63.5 Å². The second kappa shape index (κ2) is 20.2. The molecule has 0 atom stereocenters. The van der Waals surface area contributed by atoms with E-state index in [1.165, 1.54) is 22.6 Å². The number of para-hydroxylation sites is 2. The van der Waals surface area contributed by atoms with E-state index in [1.807, 2.05) is 24.3 Å². The smallest absolute Gasteiger partial charge is 0.338 e. The minimum atomic E-state index is -0.373. The molecule has 9 heteroatoms. The van der Waals surface area contributed by atoms with Gasteiger partial charge in [-0.3, -0.25) is 0 Å². The number of likely N-dealkylation sites (N-methyl/N-ethyl adjacent to an activating group) is 1. The molecule has 0 spiro atoms. The van der Waals surface area contributed by atoms with Gasteiger partial charge in [-0.05, 0) is 118 Å². The summed E-state index contributed by atoms with van der Waals surface area (Å²) in [4.78, 5) is 31.0. The lowest BCUT2D eigenvalue weighted by Crippen LogP contribution is -2.27. The Hall–Kier alpha value is -6.03. The molecule has 9 nitrogen and oxygen atoms in total. The van der Waals surface area contributed by atoms with Gasteiger partial charge in [0.25, 0.3) is 0 Å². The number of esters is 2. The fourth-order valence-electron chi connectivity index (χ4n) is 9.43. The molecular formula is C55H64N3O6+. The minimum Gasteiger partial charge on any atom is -0.462 e. The van der Waals surface area contributed by atoms with Crippen molar-refractivity contribution in [1.82, 2.24) is 0 Å². The number of ether oxygens (including phenoxy) is 4. The quantitative estimate of drug-likeness (QED) is 0.0556. The van der Waals surface area contributed by atoms with Gasteiger partial charge in [0.15, 0.2) is 5.71 Å². The number of hydrogen-bond donors (Lipinski definition) is 0. The number of nitrogens with zero attached hydrogens (tertiary/aromatic N) is 3. The number of benzene rings is 4. The Morgan fingerprint density at radius 2 is 1.27 bits per heavy atom. The van der Waals surface area contributed by atoms with E-state index in [1.54, 1.807) is 14.2 Å². The standard InChI is InChI=1S/C55H64N3O6/c1-9-56-47-29-25-41(52(59)63-35-17-33-61-7)37-45(47)54(3,4)49(56)31-27-39-23-24-40(51(39)58(43-19-13-11-14-20-43)44-21-15-12-16-22-44)28-32-50-55(5,6)46-38-42(26-30-48(46)57(50)10-2)53(60)64-36-18-34-62-8/h11-16,19-22,25-32,37-38H,9-10,17-18,23-24,33-36H2,1-8H3/q+1. The van der Waals surface area contributed by atoms with Crippen molar-refractivity contribution < 1.29 is 33.1 Å². The summed E-state index contributed by atoms with van der Waals surface area (Å²) < 4.78 is 23.8. The highest BCUT2D eigenvalue weighted by Crippen LogP contribution is 2.49. The number of carbonyl (C=O) groups is 2. The maximum absolute atomic E-state index is 13.1. The Morgan fingerprint density at radius 1 is 0.688 bits per heavy atom. The second-order valence-corrected chi connectivity index (χ2v) is 17.5. The molecule has 1 aliphatic carbocycles. The average molecular weight is 863 g/mol. The van der Waals surface area contributed by atoms with Crippen LogP contribution in [-0.2, 0) is 29.8 Å². The van der Waals surface area contributed by atoms with Gasteiger partial charge in [0.05, 0.1) is 35.5 Å². The average Bonchev–Trinajstić information content (AvgIpc) is 3.88. The monoisotopic (exact) mass is 862 g/mol. The van der Waals surface area contributed by atoms with Crippen LogP contribution < -0.4 is 9.80 Å². The van der Waals surface area contributed by atoms with Gasteiger partial charge in [0.1, 0.15) is 6.54 Å². The van der Waals surface area contributed by atoms with Crippen LogP contribution in [-0.4, -0.2) is 76.0 Å². The zero-order valence-corrected chi connectivity index (χ0v) is 38.9. The van der Waals surface area contributed by atoms with E-state index in [-0.39, 0.29) is 22.8 Å². The van der Waals surface area contributed by atoms with Crippen LogP contribution in [0.4, 0.5) is 22.7 Å². The van der Waals surface area contributed by atoms with E-state index in [4.69, 9.17) is 18.9 Å². The molecule has 64 heavy (non-hydrogen) atoms. The van der Waals surface area contributed by atoms with Crippen LogP contribution in [0.1, 0.15) is 99.1 Å². The molecule has 0 aromatic heterocycles. The predicted octanol–water partition coefficient (Wildman–Crippen LogP) is 11.5. The Labute approximate surface area is 380 Å². The van der Waals surface area contributed by atoms with E-state index in [9.17, 15) is 9.59 Å². The Balaban J connectivity index is 1.29. The molecule has 0 amide bonds. The van der Waals surface area contributed by atoms with E-state index in [2.05, 4.69) is 153 Å². The number of methoxy groups -OCH3 is 2. The molecule has 7 rings (SSSR count). The lowest BCUT2D eigenvalue weighted by atomic mass is 9.80.